The van der Waals surface area contributed by atoms with Gasteiger partial charge in [0.15, 0.2) is 11.6 Å². The first kappa shape index (κ1) is 14.6. The monoisotopic (exact) mass is 268 g/mol. The van der Waals surface area contributed by atoms with Crippen LogP contribution in [0.2, 0.25) is 0 Å². The van der Waals surface area contributed by atoms with Crippen molar-refractivity contribution in [2.45, 2.75) is 0 Å². The molecule has 0 amide bonds. The molecule has 0 saturated heterocycles. The molecule has 0 aliphatic heterocycles. The first-order valence-electron chi connectivity index (χ1n) is 5.21. The maximum Gasteiger partial charge on any atom is 0.516 e. The minimum Gasteiger partial charge on any atom is -0.430 e. The average Bonchev–Trinajstić information content (AvgIpc) is 2.37. The zero-order valence-electron chi connectivity index (χ0n) is 10.5. The van der Waals surface area contributed by atoms with E-state index in [9.17, 15) is 9.18 Å². The van der Waals surface area contributed by atoms with Crippen LogP contribution in [0.5, 0.6) is 6.01 Å². The summed E-state index contributed by atoms with van der Waals surface area (Å²) in [6.45, 7) is 3.36. The number of carbonyl (C=O) groups is 1. The van der Waals surface area contributed by atoms with E-state index >= 15 is 0 Å². The lowest BCUT2D eigenvalue weighted by molar-refractivity contribution is 0.106. The maximum absolute atomic E-state index is 13.3. The molecule has 0 saturated carbocycles. The van der Waals surface area contributed by atoms with Crippen molar-refractivity contribution in [1.82, 2.24) is 14.9 Å². The highest BCUT2D eigenvalue weighted by molar-refractivity contribution is 5.63. The van der Waals surface area contributed by atoms with E-state index in [1.165, 1.54) is 12.4 Å². The van der Waals surface area contributed by atoms with E-state index in [1.807, 2.05) is 0 Å². The Bertz CT molecular complexity index is 491. The van der Waals surface area contributed by atoms with Gasteiger partial charge < -0.3 is 14.4 Å². The number of hydrogen-bond acceptors (Lipinski definition) is 6. The zero-order valence-corrected chi connectivity index (χ0v) is 10.5. The van der Waals surface area contributed by atoms with Gasteiger partial charge in [-0.05, 0) is 0 Å². The van der Waals surface area contributed by atoms with Crippen molar-refractivity contribution in [3.05, 3.63) is 24.7 Å². The van der Waals surface area contributed by atoms with Crippen molar-refractivity contribution in [2.24, 2.45) is 4.99 Å². The number of ether oxygens (including phenoxy) is 2. The molecule has 0 aliphatic carbocycles. The van der Waals surface area contributed by atoms with Gasteiger partial charge in [0.25, 0.3) is 0 Å². The molecule has 0 aromatic carbocycles. The minimum absolute atomic E-state index is 0.00827. The SMILES string of the molecule is C=CCOC(=O)Oc1ncc(F)c(N=CN(C)C)n1. The maximum atomic E-state index is 13.3. The summed E-state index contributed by atoms with van der Waals surface area (Å²) in [7, 11) is 3.43. The van der Waals surface area contributed by atoms with Crippen LogP contribution in [0, 0.1) is 5.82 Å². The molecule has 0 aliphatic rings. The molecule has 0 N–H and O–H groups in total. The number of nitrogens with zero attached hydrogens (tertiary/aromatic N) is 4. The summed E-state index contributed by atoms with van der Waals surface area (Å²) in [5.74, 6) is -0.972. The molecule has 0 fully saturated rings. The van der Waals surface area contributed by atoms with E-state index in [-0.39, 0.29) is 18.4 Å². The third-order valence-corrected chi connectivity index (χ3v) is 1.61. The Hall–Kier alpha value is -2.51. The van der Waals surface area contributed by atoms with Gasteiger partial charge in [-0.3, -0.25) is 0 Å². The van der Waals surface area contributed by atoms with E-state index in [0.717, 1.165) is 6.20 Å². The largest absolute Gasteiger partial charge is 0.516 e. The second-order valence-corrected chi connectivity index (χ2v) is 3.48. The van der Waals surface area contributed by atoms with Crippen molar-refractivity contribution >= 4 is 18.3 Å². The quantitative estimate of drug-likeness (QED) is 0.349. The van der Waals surface area contributed by atoms with Gasteiger partial charge in [0, 0.05) is 14.1 Å². The molecule has 0 atom stereocenters. The van der Waals surface area contributed by atoms with E-state index in [0.29, 0.717) is 0 Å². The summed E-state index contributed by atoms with van der Waals surface area (Å²) in [5, 5.41) is 0. The Kier molecular flexibility index (Phi) is 5.39. The molecule has 19 heavy (non-hydrogen) atoms. The lowest BCUT2D eigenvalue weighted by atomic mass is 10.5. The molecule has 1 rings (SSSR count). The molecule has 102 valence electrons. The van der Waals surface area contributed by atoms with E-state index in [4.69, 9.17) is 0 Å². The first-order valence-corrected chi connectivity index (χ1v) is 5.21. The van der Waals surface area contributed by atoms with Gasteiger partial charge in [0.2, 0.25) is 0 Å². The Morgan fingerprint density at radius 3 is 3.00 bits per heavy atom. The van der Waals surface area contributed by atoms with Crippen molar-refractivity contribution < 1.29 is 18.7 Å². The van der Waals surface area contributed by atoms with Gasteiger partial charge in [0.05, 0.1) is 12.5 Å². The summed E-state index contributed by atoms with van der Waals surface area (Å²) < 4.78 is 22.5. The van der Waals surface area contributed by atoms with Crippen LogP contribution in [0.4, 0.5) is 15.0 Å². The van der Waals surface area contributed by atoms with Crippen LogP contribution in [0.3, 0.4) is 0 Å². The molecule has 0 unspecified atom stereocenters. The highest BCUT2D eigenvalue weighted by Crippen LogP contribution is 2.16. The highest BCUT2D eigenvalue weighted by Gasteiger charge is 2.11. The molecular weight excluding hydrogens is 255 g/mol. The number of halogens is 1. The van der Waals surface area contributed by atoms with Crippen LogP contribution in [0.1, 0.15) is 0 Å². The molecule has 0 spiro atoms. The minimum atomic E-state index is -1.01. The predicted octanol–water partition coefficient (Wildman–Crippen LogP) is 1.54. The fourth-order valence-electron chi connectivity index (χ4n) is 0.883. The first-order chi connectivity index (χ1) is 9.02. The topological polar surface area (TPSA) is 76.9 Å². The van der Waals surface area contributed by atoms with Crippen molar-refractivity contribution in [3.8, 4) is 6.01 Å². The number of rotatable bonds is 5. The second kappa shape index (κ2) is 7.04. The van der Waals surface area contributed by atoms with Crippen LogP contribution in [-0.2, 0) is 4.74 Å². The van der Waals surface area contributed by atoms with Gasteiger partial charge >= 0.3 is 12.2 Å². The second-order valence-electron chi connectivity index (χ2n) is 3.48. The van der Waals surface area contributed by atoms with Crippen LogP contribution in [-0.4, -0.2) is 48.1 Å². The molecular formula is C11H13FN4O3. The summed E-state index contributed by atoms with van der Waals surface area (Å²) in [4.78, 5) is 23.6. The Morgan fingerprint density at radius 1 is 1.63 bits per heavy atom. The van der Waals surface area contributed by atoms with E-state index < -0.39 is 12.0 Å². The molecule has 1 heterocycles. The Labute approximate surface area is 109 Å². The molecule has 7 nitrogen and oxygen atoms in total. The Morgan fingerprint density at radius 2 is 2.37 bits per heavy atom. The normalized spacial score (nSPS) is 10.3. The van der Waals surface area contributed by atoms with Crippen molar-refractivity contribution in [3.63, 3.8) is 0 Å². The fraction of sp³-hybridized carbons (Fsp3) is 0.273. The summed E-state index contributed by atoms with van der Waals surface area (Å²) in [6, 6.07) is -0.346. The van der Waals surface area contributed by atoms with Crippen LogP contribution >= 0.6 is 0 Å². The highest BCUT2D eigenvalue weighted by atomic mass is 19.1. The molecule has 1 aromatic heterocycles. The molecule has 8 heteroatoms. The number of carbonyl (C=O) groups excluding carboxylic acids is 1. The summed E-state index contributed by atoms with van der Waals surface area (Å²) in [6.07, 6.45) is 2.57. The lowest BCUT2D eigenvalue weighted by Gasteiger charge is -2.04. The lowest BCUT2D eigenvalue weighted by Crippen LogP contribution is -2.12. The number of aromatic nitrogens is 2. The van der Waals surface area contributed by atoms with Crippen LogP contribution in [0.15, 0.2) is 23.8 Å². The van der Waals surface area contributed by atoms with Gasteiger partial charge in [-0.25, -0.2) is 19.2 Å². The molecule has 1 aromatic rings. The molecule has 0 radical (unpaired) electrons. The van der Waals surface area contributed by atoms with Crippen molar-refractivity contribution in [2.75, 3.05) is 20.7 Å². The summed E-state index contributed by atoms with van der Waals surface area (Å²) >= 11 is 0. The van der Waals surface area contributed by atoms with Crippen LogP contribution < -0.4 is 4.74 Å². The Balaban J connectivity index is 2.78. The smallest absolute Gasteiger partial charge is 0.430 e. The average molecular weight is 268 g/mol. The van der Waals surface area contributed by atoms with Gasteiger partial charge in [0.1, 0.15) is 6.61 Å². The number of aliphatic imine (C=N–C) groups is 1. The predicted molar refractivity (Wildman–Crippen MR) is 66.0 cm³/mol. The summed E-state index contributed by atoms with van der Waals surface area (Å²) in [5.41, 5.74) is 0. The standard InChI is InChI=1S/C11H13FN4O3/c1-4-5-18-11(17)19-10-13-6-8(12)9(15-10)14-7-16(2)3/h4,6-7H,1,5H2,2-3H3. The van der Waals surface area contributed by atoms with E-state index in [1.54, 1.807) is 19.0 Å². The molecule has 0 bridgehead atoms. The van der Waals surface area contributed by atoms with Crippen LogP contribution in [0.25, 0.3) is 0 Å². The van der Waals surface area contributed by atoms with E-state index in [2.05, 4.69) is 31.0 Å². The third-order valence-electron chi connectivity index (χ3n) is 1.61. The zero-order chi connectivity index (χ0) is 14.3. The van der Waals surface area contributed by atoms with Crippen molar-refractivity contribution in [1.29, 1.82) is 0 Å². The van der Waals surface area contributed by atoms with Gasteiger partial charge in [-0.1, -0.05) is 12.7 Å². The van der Waals surface area contributed by atoms with Gasteiger partial charge in [-0.2, -0.15) is 4.98 Å². The fourth-order valence-corrected chi connectivity index (χ4v) is 0.883. The number of hydrogen-bond donors (Lipinski definition) is 0. The van der Waals surface area contributed by atoms with Gasteiger partial charge in [-0.15, -0.1) is 0 Å². The third kappa shape index (κ3) is 5.11.